The molecule has 2 unspecified atom stereocenters. The Bertz CT molecular complexity index is 488. The van der Waals surface area contributed by atoms with Gasteiger partial charge in [-0.15, -0.1) is 0 Å². The Morgan fingerprint density at radius 1 is 1.42 bits per heavy atom. The highest BCUT2D eigenvalue weighted by atomic mass is 79.9. The van der Waals surface area contributed by atoms with E-state index in [4.69, 9.17) is 0 Å². The van der Waals surface area contributed by atoms with Gasteiger partial charge in [0.25, 0.3) is 0 Å². The van der Waals surface area contributed by atoms with E-state index < -0.39 is 18.1 Å². The Morgan fingerprint density at radius 2 is 2.05 bits per heavy atom. The summed E-state index contributed by atoms with van der Waals surface area (Å²) < 4.78 is 0.913. The fourth-order valence-electron chi connectivity index (χ4n) is 2.19. The van der Waals surface area contributed by atoms with Gasteiger partial charge in [0.05, 0.1) is 12.5 Å². The van der Waals surface area contributed by atoms with Crippen molar-refractivity contribution in [3.8, 4) is 0 Å². The SMILES string of the molecule is O=C(O)C(Cc1ccc(Br)cc1)N1CC(O)CC1=O. The Balaban J connectivity index is 2.15. The average molecular weight is 328 g/mol. The van der Waals surface area contributed by atoms with Gasteiger partial charge >= 0.3 is 5.97 Å². The van der Waals surface area contributed by atoms with Gasteiger partial charge in [0.1, 0.15) is 6.04 Å². The third kappa shape index (κ3) is 3.33. The molecule has 2 N–H and O–H groups in total. The maximum absolute atomic E-state index is 11.7. The molecular weight excluding hydrogens is 314 g/mol. The van der Waals surface area contributed by atoms with Crippen molar-refractivity contribution in [1.82, 2.24) is 4.90 Å². The number of halogens is 1. The molecular formula is C13H14BrNO4. The number of benzene rings is 1. The van der Waals surface area contributed by atoms with E-state index in [-0.39, 0.29) is 25.3 Å². The van der Waals surface area contributed by atoms with Crippen LogP contribution in [0.15, 0.2) is 28.7 Å². The van der Waals surface area contributed by atoms with E-state index in [1.54, 1.807) is 0 Å². The van der Waals surface area contributed by atoms with E-state index in [0.717, 1.165) is 10.0 Å². The topological polar surface area (TPSA) is 77.8 Å². The van der Waals surface area contributed by atoms with Crippen LogP contribution in [0.4, 0.5) is 0 Å². The third-order valence-corrected chi connectivity index (χ3v) is 3.67. The highest BCUT2D eigenvalue weighted by Gasteiger charge is 2.36. The Morgan fingerprint density at radius 3 is 2.53 bits per heavy atom. The molecule has 1 heterocycles. The fraction of sp³-hybridized carbons (Fsp3) is 0.385. The summed E-state index contributed by atoms with van der Waals surface area (Å²) in [5.74, 6) is -1.36. The maximum Gasteiger partial charge on any atom is 0.326 e. The number of likely N-dealkylation sites (tertiary alicyclic amines) is 1. The predicted octanol–water partition coefficient (Wildman–Crippen LogP) is 1.04. The molecule has 0 aromatic heterocycles. The summed E-state index contributed by atoms with van der Waals surface area (Å²) in [5.41, 5.74) is 0.838. The summed E-state index contributed by atoms with van der Waals surface area (Å²) >= 11 is 3.31. The maximum atomic E-state index is 11.7. The number of carbonyl (C=O) groups is 2. The summed E-state index contributed by atoms with van der Waals surface area (Å²) in [6.45, 7) is 0.0896. The summed E-state index contributed by atoms with van der Waals surface area (Å²) in [6, 6.07) is 6.36. The van der Waals surface area contributed by atoms with E-state index in [1.165, 1.54) is 4.90 Å². The average Bonchev–Trinajstić information content (AvgIpc) is 2.67. The molecule has 0 spiro atoms. The first-order valence-electron chi connectivity index (χ1n) is 5.92. The van der Waals surface area contributed by atoms with Crippen LogP contribution in [-0.2, 0) is 16.0 Å². The van der Waals surface area contributed by atoms with Gasteiger partial charge in [0, 0.05) is 17.4 Å². The van der Waals surface area contributed by atoms with Crippen LogP contribution >= 0.6 is 15.9 Å². The first-order valence-corrected chi connectivity index (χ1v) is 6.71. The van der Waals surface area contributed by atoms with Gasteiger partial charge in [-0.05, 0) is 17.7 Å². The molecule has 0 aliphatic carbocycles. The zero-order valence-corrected chi connectivity index (χ0v) is 11.7. The van der Waals surface area contributed by atoms with Gasteiger partial charge in [0.15, 0.2) is 0 Å². The van der Waals surface area contributed by atoms with Crippen molar-refractivity contribution in [2.45, 2.75) is 25.0 Å². The molecule has 1 aliphatic heterocycles. The van der Waals surface area contributed by atoms with E-state index >= 15 is 0 Å². The molecule has 0 radical (unpaired) electrons. The number of rotatable bonds is 4. The van der Waals surface area contributed by atoms with Crippen molar-refractivity contribution in [3.63, 3.8) is 0 Å². The predicted molar refractivity (Wildman–Crippen MR) is 71.6 cm³/mol. The molecule has 0 saturated carbocycles. The minimum Gasteiger partial charge on any atom is -0.480 e. The molecule has 1 aliphatic rings. The number of aliphatic hydroxyl groups is 1. The second kappa shape index (κ2) is 5.71. The Hall–Kier alpha value is -1.40. The van der Waals surface area contributed by atoms with Crippen molar-refractivity contribution in [1.29, 1.82) is 0 Å². The van der Waals surface area contributed by atoms with Gasteiger partial charge in [-0.25, -0.2) is 4.79 Å². The molecule has 102 valence electrons. The molecule has 19 heavy (non-hydrogen) atoms. The zero-order valence-electron chi connectivity index (χ0n) is 10.1. The van der Waals surface area contributed by atoms with Crippen molar-refractivity contribution < 1.29 is 19.8 Å². The Labute approximate surface area is 119 Å². The molecule has 1 saturated heterocycles. The van der Waals surface area contributed by atoms with Crippen LogP contribution in [0.25, 0.3) is 0 Å². The number of amides is 1. The standard InChI is InChI=1S/C13H14BrNO4/c14-9-3-1-8(2-4-9)5-11(13(18)19)15-7-10(16)6-12(15)17/h1-4,10-11,16H,5-7H2,(H,18,19). The van der Waals surface area contributed by atoms with Crippen molar-refractivity contribution in [2.24, 2.45) is 0 Å². The number of hydrogen-bond acceptors (Lipinski definition) is 3. The van der Waals surface area contributed by atoms with Crippen LogP contribution in [-0.4, -0.2) is 45.7 Å². The molecule has 1 aromatic rings. The molecule has 1 fully saturated rings. The highest BCUT2D eigenvalue weighted by Crippen LogP contribution is 2.19. The molecule has 2 rings (SSSR count). The smallest absolute Gasteiger partial charge is 0.326 e. The summed E-state index contributed by atoms with van der Waals surface area (Å²) in [7, 11) is 0. The van der Waals surface area contributed by atoms with Gasteiger partial charge < -0.3 is 15.1 Å². The second-order valence-electron chi connectivity index (χ2n) is 4.59. The molecule has 0 bridgehead atoms. The molecule has 1 amide bonds. The van der Waals surface area contributed by atoms with Crippen LogP contribution in [0.5, 0.6) is 0 Å². The minimum atomic E-state index is -1.05. The van der Waals surface area contributed by atoms with Gasteiger partial charge in [-0.1, -0.05) is 28.1 Å². The lowest BCUT2D eigenvalue weighted by molar-refractivity contribution is -0.148. The summed E-state index contributed by atoms with van der Waals surface area (Å²) in [6.07, 6.45) is -0.523. The third-order valence-electron chi connectivity index (χ3n) is 3.14. The number of carboxylic acid groups (broad SMARTS) is 1. The number of nitrogens with zero attached hydrogens (tertiary/aromatic N) is 1. The number of carbonyl (C=O) groups excluding carboxylic acids is 1. The number of aliphatic hydroxyl groups excluding tert-OH is 1. The first-order chi connectivity index (χ1) is 8.97. The molecule has 1 aromatic carbocycles. The van der Waals surface area contributed by atoms with Gasteiger partial charge in [-0.3, -0.25) is 4.79 Å². The van der Waals surface area contributed by atoms with E-state index in [1.807, 2.05) is 24.3 Å². The highest BCUT2D eigenvalue weighted by molar-refractivity contribution is 9.10. The largest absolute Gasteiger partial charge is 0.480 e. The number of carboxylic acids is 1. The van der Waals surface area contributed by atoms with Crippen molar-refractivity contribution >= 4 is 27.8 Å². The van der Waals surface area contributed by atoms with E-state index in [9.17, 15) is 19.8 Å². The number of β-amino-alcohol motifs (C(OH)–C–C–N with tert-alkyl or cyclic N) is 1. The number of hydrogen-bond donors (Lipinski definition) is 2. The zero-order chi connectivity index (χ0) is 14.0. The molecule has 2 atom stereocenters. The molecule has 6 heteroatoms. The fourth-order valence-corrected chi connectivity index (χ4v) is 2.45. The van der Waals surface area contributed by atoms with Crippen LogP contribution < -0.4 is 0 Å². The monoisotopic (exact) mass is 327 g/mol. The van der Waals surface area contributed by atoms with Crippen molar-refractivity contribution in [2.75, 3.05) is 6.54 Å². The summed E-state index contributed by atoms with van der Waals surface area (Å²) in [5, 5.41) is 18.7. The van der Waals surface area contributed by atoms with E-state index in [0.29, 0.717) is 0 Å². The van der Waals surface area contributed by atoms with Crippen LogP contribution in [0, 0.1) is 0 Å². The van der Waals surface area contributed by atoms with E-state index in [2.05, 4.69) is 15.9 Å². The van der Waals surface area contributed by atoms with Gasteiger partial charge in [-0.2, -0.15) is 0 Å². The number of aliphatic carboxylic acids is 1. The quantitative estimate of drug-likeness (QED) is 0.866. The summed E-state index contributed by atoms with van der Waals surface area (Å²) in [4.78, 5) is 24.2. The first kappa shape index (κ1) is 14.0. The van der Waals surface area contributed by atoms with Crippen molar-refractivity contribution in [3.05, 3.63) is 34.3 Å². The van der Waals surface area contributed by atoms with Crippen LogP contribution in [0.2, 0.25) is 0 Å². The lowest BCUT2D eigenvalue weighted by atomic mass is 10.1. The lowest BCUT2D eigenvalue weighted by Gasteiger charge is -2.24. The minimum absolute atomic E-state index is 0.00409. The lowest BCUT2D eigenvalue weighted by Crippen LogP contribution is -2.44. The van der Waals surface area contributed by atoms with Crippen LogP contribution in [0.3, 0.4) is 0 Å². The molecule has 5 nitrogen and oxygen atoms in total. The normalized spacial score (nSPS) is 20.6. The Kier molecular flexibility index (Phi) is 4.21. The second-order valence-corrected chi connectivity index (χ2v) is 5.50. The van der Waals surface area contributed by atoms with Crippen LogP contribution in [0.1, 0.15) is 12.0 Å². The van der Waals surface area contributed by atoms with Gasteiger partial charge in [0.2, 0.25) is 5.91 Å².